The van der Waals surface area contributed by atoms with E-state index in [0.29, 0.717) is 10.8 Å². The summed E-state index contributed by atoms with van der Waals surface area (Å²) in [7, 11) is 0. The van der Waals surface area contributed by atoms with Gasteiger partial charge in [-0.25, -0.2) is 4.68 Å². The van der Waals surface area contributed by atoms with Gasteiger partial charge in [-0.05, 0) is 36.1 Å². The number of aromatic nitrogens is 2. The lowest BCUT2D eigenvalue weighted by Crippen LogP contribution is -2.33. The molecule has 0 saturated heterocycles. The molecule has 1 heterocycles. The molecular weight excluding hydrogens is 330 g/mol. The van der Waals surface area contributed by atoms with Gasteiger partial charge in [-0.2, -0.15) is 0 Å². The van der Waals surface area contributed by atoms with Crippen molar-refractivity contribution in [3.8, 4) is 0 Å². The molecule has 0 aliphatic heterocycles. The van der Waals surface area contributed by atoms with E-state index < -0.39 is 0 Å². The molecule has 2 N–H and O–H groups in total. The fraction of sp³-hybridized carbons (Fsp3) is 0.250. The van der Waals surface area contributed by atoms with Crippen LogP contribution in [0.1, 0.15) is 30.0 Å². The number of aryl methyl sites for hydroxylation is 2. The van der Waals surface area contributed by atoms with Crippen molar-refractivity contribution < 1.29 is 4.79 Å². The first-order valence-electron chi connectivity index (χ1n) is 8.72. The van der Waals surface area contributed by atoms with E-state index in [9.17, 15) is 14.4 Å². The van der Waals surface area contributed by atoms with Crippen LogP contribution < -0.4 is 16.4 Å². The number of amides is 1. The predicted octanol–water partition coefficient (Wildman–Crippen LogP) is 1.88. The molecule has 0 spiro atoms. The third-order valence-corrected chi connectivity index (χ3v) is 4.91. The second kappa shape index (κ2) is 6.63. The lowest BCUT2D eigenvalue weighted by atomic mass is 10.1. The van der Waals surface area contributed by atoms with Gasteiger partial charge < -0.3 is 5.32 Å². The fourth-order valence-electron chi connectivity index (χ4n) is 3.59. The van der Waals surface area contributed by atoms with Gasteiger partial charge in [-0.1, -0.05) is 36.4 Å². The van der Waals surface area contributed by atoms with Crippen LogP contribution in [-0.2, 0) is 17.8 Å². The summed E-state index contributed by atoms with van der Waals surface area (Å²) in [6.07, 6.45) is 1.98. The Morgan fingerprint density at radius 3 is 2.65 bits per heavy atom. The maximum absolute atomic E-state index is 12.5. The van der Waals surface area contributed by atoms with E-state index in [1.54, 1.807) is 24.3 Å². The van der Waals surface area contributed by atoms with Crippen molar-refractivity contribution >= 4 is 16.7 Å². The summed E-state index contributed by atoms with van der Waals surface area (Å²) in [5, 5.41) is 6.31. The van der Waals surface area contributed by atoms with Crippen molar-refractivity contribution in [2.45, 2.75) is 31.8 Å². The van der Waals surface area contributed by atoms with Crippen LogP contribution in [0.5, 0.6) is 0 Å². The Morgan fingerprint density at radius 2 is 1.81 bits per heavy atom. The largest absolute Gasteiger partial charge is 0.349 e. The van der Waals surface area contributed by atoms with Gasteiger partial charge >= 0.3 is 0 Å². The molecule has 0 fully saturated rings. The minimum absolute atomic E-state index is 0.0195. The van der Waals surface area contributed by atoms with Crippen LogP contribution in [0.3, 0.4) is 0 Å². The number of nitrogens with one attached hydrogen (secondary N) is 2. The zero-order valence-corrected chi connectivity index (χ0v) is 14.2. The smallest absolute Gasteiger partial charge is 0.273 e. The van der Waals surface area contributed by atoms with Gasteiger partial charge in [0.2, 0.25) is 5.91 Å². The number of carbonyl (C=O) groups excluding carboxylic acids is 1. The number of hydrogen-bond acceptors (Lipinski definition) is 3. The number of nitrogens with zero attached hydrogens (tertiary/aromatic N) is 1. The van der Waals surface area contributed by atoms with E-state index in [1.807, 2.05) is 18.2 Å². The summed E-state index contributed by atoms with van der Waals surface area (Å²) in [5.74, 6) is -0.132. The number of H-pyrrole nitrogens is 1. The minimum Gasteiger partial charge on any atom is -0.349 e. The number of benzene rings is 2. The Kier molecular flexibility index (Phi) is 4.16. The van der Waals surface area contributed by atoms with Crippen LogP contribution in [0.25, 0.3) is 10.8 Å². The molecule has 0 radical (unpaired) electrons. The zero-order valence-electron chi connectivity index (χ0n) is 14.2. The molecule has 0 saturated carbocycles. The first-order valence-corrected chi connectivity index (χ1v) is 8.72. The second-order valence-electron chi connectivity index (χ2n) is 6.55. The van der Waals surface area contributed by atoms with E-state index >= 15 is 0 Å². The highest BCUT2D eigenvalue weighted by Gasteiger charge is 2.23. The number of rotatable bonds is 4. The summed E-state index contributed by atoms with van der Waals surface area (Å²) in [5.41, 5.74) is 1.81. The van der Waals surface area contributed by atoms with Gasteiger partial charge in [0, 0.05) is 6.42 Å². The molecule has 4 rings (SSSR count). The Bertz CT molecular complexity index is 1100. The monoisotopic (exact) mass is 349 g/mol. The highest BCUT2D eigenvalue weighted by molar-refractivity contribution is 5.80. The van der Waals surface area contributed by atoms with Crippen molar-refractivity contribution in [1.29, 1.82) is 0 Å². The number of hydrogen-bond donors (Lipinski definition) is 2. The molecule has 2 aromatic carbocycles. The number of fused-ring (bicyclic) bond motifs is 2. The van der Waals surface area contributed by atoms with E-state index in [1.165, 1.54) is 10.2 Å². The summed E-state index contributed by atoms with van der Waals surface area (Å²) >= 11 is 0. The lowest BCUT2D eigenvalue weighted by molar-refractivity contribution is -0.122. The maximum Gasteiger partial charge on any atom is 0.273 e. The summed E-state index contributed by atoms with van der Waals surface area (Å²) in [6.45, 7) is 0.138. The Labute approximate surface area is 149 Å². The van der Waals surface area contributed by atoms with Crippen molar-refractivity contribution in [1.82, 2.24) is 15.1 Å². The molecule has 0 bridgehead atoms. The molecule has 132 valence electrons. The minimum atomic E-state index is -0.328. The molecule has 1 atom stereocenters. The van der Waals surface area contributed by atoms with E-state index in [0.717, 1.165) is 18.4 Å². The fourth-order valence-corrected chi connectivity index (χ4v) is 3.59. The molecule has 1 aromatic heterocycles. The highest BCUT2D eigenvalue weighted by Crippen LogP contribution is 2.30. The Hall–Kier alpha value is -3.15. The molecule has 1 amide bonds. The quantitative estimate of drug-likeness (QED) is 0.754. The van der Waals surface area contributed by atoms with Crippen LogP contribution in [0.15, 0.2) is 58.1 Å². The summed E-state index contributed by atoms with van der Waals surface area (Å²) < 4.78 is 1.22. The van der Waals surface area contributed by atoms with Crippen LogP contribution in [-0.4, -0.2) is 15.7 Å². The molecule has 1 aliphatic carbocycles. The lowest BCUT2D eigenvalue weighted by Gasteiger charge is -2.14. The SMILES string of the molecule is O=C(CCn1[nH]c(=O)c2ccccc2c1=O)N[C@@H]1CCc2ccccc21. The molecule has 1 aliphatic rings. The van der Waals surface area contributed by atoms with Gasteiger partial charge in [0.25, 0.3) is 11.1 Å². The molecule has 26 heavy (non-hydrogen) atoms. The average Bonchev–Trinajstić information content (AvgIpc) is 3.06. The van der Waals surface area contributed by atoms with Crippen LogP contribution >= 0.6 is 0 Å². The van der Waals surface area contributed by atoms with Crippen molar-refractivity contribution in [3.05, 3.63) is 80.4 Å². The summed E-state index contributed by atoms with van der Waals surface area (Å²) in [6, 6.07) is 14.8. The average molecular weight is 349 g/mol. The molecule has 3 aromatic rings. The topological polar surface area (TPSA) is 84.0 Å². The van der Waals surface area contributed by atoms with Gasteiger partial charge in [0.15, 0.2) is 0 Å². The Balaban J connectivity index is 1.47. The zero-order chi connectivity index (χ0) is 18.1. The van der Waals surface area contributed by atoms with Crippen molar-refractivity contribution in [2.75, 3.05) is 0 Å². The first-order chi connectivity index (χ1) is 12.6. The third-order valence-electron chi connectivity index (χ3n) is 4.91. The molecule has 0 unspecified atom stereocenters. The number of aromatic amines is 1. The normalized spacial score (nSPS) is 15.8. The summed E-state index contributed by atoms with van der Waals surface area (Å²) in [4.78, 5) is 36.9. The van der Waals surface area contributed by atoms with E-state index in [4.69, 9.17) is 0 Å². The van der Waals surface area contributed by atoms with Crippen LogP contribution in [0, 0.1) is 0 Å². The van der Waals surface area contributed by atoms with E-state index in [2.05, 4.69) is 16.5 Å². The first kappa shape index (κ1) is 16.3. The number of carbonyl (C=O) groups is 1. The highest BCUT2D eigenvalue weighted by atomic mass is 16.2. The van der Waals surface area contributed by atoms with Gasteiger partial charge in [-0.15, -0.1) is 0 Å². The van der Waals surface area contributed by atoms with Crippen molar-refractivity contribution in [2.24, 2.45) is 0 Å². The van der Waals surface area contributed by atoms with Crippen molar-refractivity contribution in [3.63, 3.8) is 0 Å². The van der Waals surface area contributed by atoms with E-state index in [-0.39, 0.29) is 36.0 Å². The standard InChI is InChI=1S/C20H19N3O3/c24-18(21-17-10-9-13-5-1-2-6-14(13)17)11-12-23-20(26)16-8-4-3-7-15(16)19(25)22-23/h1-8,17H,9-12H2,(H,21,24)(H,22,25)/t17-/m1/s1. The molecule has 6 heteroatoms. The van der Waals surface area contributed by atoms with Gasteiger partial charge in [-0.3, -0.25) is 19.5 Å². The maximum atomic E-state index is 12.5. The molecular formula is C20H19N3O3. The Morgan fingerprint density at radius 1 is 1.08 bits per heavy atom. The second-order valence-corrected chi connectivity index (χ2v) is 6.55. The molecule has 6 nitrogen and oxygen atoms in total. The van der Waals surface area contributed by atoms with Gasteiger partial charge in [0.05, 0.1) is 23.4 Å². The third kappa shape index (κ3) is 2.94. The van der Waals surface area contributed by atoms with Crippen LogP contribution in [0.4, 0.5) is 0 Å². The van der Waals surface area contributed by atoms with Crippen LogP contribution in [0.2, 0.25) is 0 Å². The predicted molar refractivity (Wildman–Crippen MR) is 99.1 cm³/mol. The van der Waals surface area contributed by atoms with Gasteiger partial charge in [0.1, 0.15) is 0 Å².